The Morgan fingerprint density at radius 3 is 2.61 bits per heavy atom. The molecule has 106 valence electrons. The van der Waals surface area contributed by atoms with Gasteiger partial charge in [-0.25, -0.2) is 0 Å². The maximum atomic E-state index is 5.88. The van der Waals surface area contributed by atoms with Gasteiger partial charge in [0.1, 0.15) is 0 Å². The molecule has 4 heteroatoms. The van der Waals surface area contributed by atoms with Crippen LogP contribution in [0.4, 0.5) is 0 Å². The van der Waals surface area contributed by atoms with Crippen LogP contribution >= 0.6 is 0 Å². The second-order valence-electron chi connectivity index (χ2n) is 5.07. The van der Waals surface area contributed by atoms with Crippen LogP contribution in [0.2, 0.25) is 0 Å². The van der Waals surface area contributed by atoms with Crippen LogP contribution in [0, 0.1) is 0 Å². The zero-order valence-corrected chi connectivity index (χ0v) is 11.8. The largest absolute Gasteiger partial charge is 0.380 e. The number of guanidine groups is 1. The number of nitrogens with one attached hydrogen (secondary N) is 1. The van der Waals surface area contributed by atoms with Crippen LogP contribution in [0.5, 0.6) is 0 Å². The van der Waals surface area contributed by atoms with Gasteiger partial charge in [-0.15, -0.1) is 0 Å². The lowest BCUT2D eigenvalue weighted by atomic mass is 10.1. The quantitative estimate of drug-likeness (QED) is 0.318. The summed E-state index contributed by atoms with van der Waals surface area (Å²) in [4.78, 5) is 4.30. The first-order valence-electron chi connectivity index (χ1n) is 7.47. The summed E-state index contributed by atoms with van der Waals surface area (Å²) in [6.07, 6.45) is 10.1. The molecule has 0 bridgehead atoms. The van der Waals surface area contributed by atoms with Crippen molar-refractivity contribution in [1.29, 1.82) is 0 Å². The molecule has 1 aliphatic rings. The van der Waals surface area contributed by atoms with Gasteiger partial charge in [0.15, 0.2) is 5.96 Å². The number of nitrogens with two attached hydrogens (primary N) is 1. The molecule has 1 fully saturated rings. The zero-order chi connectivity index (χ0) is 13.1. The number of rotatable bonds is 7. The van der Waals surface area contributed by atoms with Crippen LogP contribution in [0.1, 0.15) is 58.3 Å². The van der Waals surface area contributed by atoms with Crippen molar-refractivity contribution in [2.75, 3.05) is 19.8 Å². The highest BCUT2D eigenvalue weighted by Crippen LogP contribution is 2.16. The van der Waals surface area contributed by atoms with E-state index in [0.29, 0.717) is 25.2 Å². The Balaban J connectivity index is 2.08. The molecule has 1 rings (SSSR count). The van der Waals surface area contributed by atoms with E-state index in [4.69, 9.17) is 10.5 Å². The smallest absolute Gasteiger partial charge is 0.188 e. The van der Waals surface area contributed by atoms with E-state index in [1.165, 1.54) is 44.9 Å². The predicted octanol–water partition coefficient (Wildman–Crippen LogP) is 2.43. The Morgan fingerprint density at radius 1 is 1.22 bits per heavy atom. The molecular weight excluding hydrogens is 226 g/mol. The summed E-state index contributed by atoms with van der Waals surface area (Å²) in [5.41, 5.74) is 5.88. The second kappa shape index (κ2) is 10.2. The fourth-order valence-corrected chi connectivity index (χ4v) is 2.26. The molecule has 0 radical (unpaired) electrons. The third kappa shape index (κ3) is 7.54. The molecule has 0 aromatic rings. The third-order valence-corrected chi connectivity index (χ3v) is 3.37. The zero-order valence-electron chi connectivity index (χ0n) is 11.8. The van der Waals surface area contributed by atoms with Crippen LogP contribution in [-0.2, 0) is 4.74 Å². The van der Waals surface area contributed by atoms with E-state index in [-0.39, 0.29) is 0 Å². The third-order valence-electron chi connectivity index (χ3n) is 3.37. The Hall–Kier alpha value is -0.770. The first-order chi connectivity index (χ1) is 8.83. The van der Waals surface area contributed by atoms with Gasteiger partial charge in [-0.1, -0.05) is 39.0 Å². The van der Waals surface area contributed by atoms with Crippen molar-refractivity contribution in [3.8, 4) is 0 Å². The van der Waals surface area contributed by atoms with Crippen LogP contribution in [0.15, 0.2) is 4.99 Å². The molecule has 0 heterocycles. The van der Waals surface area contributed by atoms with Crippen molar-refractivity contribution in [2.24, 2.45) is 10.7 Å². The maximum Gasteiger partial charge on any atom is 0.188 e. The summed E-state index contributed by atoms with van der Waals surface area (Å²) in [5.74, 6) is 0.584. The molecule has 0 aliphatic heterocycles. The van der Waals surface area contributed by atoms with E-state index in [0.717, 1.165) is 13.0 Å². The SMILES string of the molecule is CCCCOCCN=C(N)NC1CCCCCC1. The second-order valence-corrected chi connectivity index (χ2v) is 5.07. The van der Waals surface area contributed by atoms with E-state index in [1.54, 1.807) is 0 Å². The van der Waals surface area contributed by atoms with Crippen molar-refractivity contribution in [3.63, 3.8) is 0 Å². The standard InChI is InChI=1S/C14H29N3O/c1-2-3-11-18-12-10-16-14(15)17-13-8-6-4-5-7-9-13/h13H,2-12H2,1H3,(H3,15,16,17). The number of hydrogen-bond donors (Lipinski definition) is 2. The lowest BCUT2D eigenvalue weighted by Gasteiger charge is -2.16. The Kier molecular flexibility index (Phi) is 8.65. The van der Waals surface area contributed by atoms with Crippen molar-refractivity contribution >= 4 is 5.96 Å². The maximum absolute atomic E-state index is 5.88. The fraction of sp³-hybridized carbons (Fsp3) is 0.929. The molecule has 1 aliphatic carbocycles. The van der Waals surface area contributed by atoms with Crippen molar-refractivity contribution < 1.29 is 4.74 Å². The fourth-order valence-electron chi connectivity index (χ4n) is 2.26. The monoisotopic (exact) mass is 255 g/mol. The van der Waals surface area contributed by atoms with Gasteiger partial charge in [0.2, 0.25) is 0 Å². The molecule has 0 atom stereocenters. The molecule has 3 N–H and O–H groups in total. The number of nitrogens with zero attached hydrogens (tertiary/aromatic N) is 1. The van der Waals surface area contributed by atoms with Crippen LogP contribution < -0.4 is 11.1 Å². The van der Waals surface area contributed by atoms with Crippen molar-refractivity contribution in [3.05, 3.63) is 0 Å². The van der Waals surface area contributed by atoms with E-state index >= 15 is 0 Å². The minimum Gasteiger partial charge on any atom is -0.380 e. The molecule has 0 spiro atoms. The van der Waals surface area contributed by atoms with Gasteiger partial charge in [0.25, 0.3) is 0 Å². The highest BCUT2D eigenvalue weighted by Gasteiger charge is 2.11. The lowest BCUT2D eigenvalue weighted by molar-refractivity contribution is 0.139. The summed E-state index contributed by atoms with van der Waals surface area (Å²) >= 11 is 0. The van der Waals surface area contributed by atoms with Gasteiger partial charge >= 0.3 is 0 Å². The van der Waals surface area contributed by atoms with E-state index in [2.05, 4.69) is 17.2 Å². The average molecular weight is 255 g/mol. The van der Waals surface area contributed by atoms with E-state index in [9.17, 15) is 0 Å². The predicted molar refractivity (Wildman–Crippen MR) is 76.8 cm³/mol. The Labute approximate surface area is 111 Å². The normalized spacial score (nSPS) is 18.6. The molecule has 4 nitrogen and oxygen atoms in total. The number of aliphatic imine (C=N–C) groups is 1. The van der Waals surface area contributed by atoms with Gasteiger partial charge < -0.3 is 15.8 Å². The van der Waals surface area contributed by atoms with Crippen LogP contribution in [0.3, 0.4) is 0 Å². The first kappa shape index (κ1) is 15.3. The number of hydrogen-bond acceptors (Lipinski definition) is 2. The van der Waals surface area contributed by atoms with Gasteiger partial charge in [-0.05, 0) is 19.3 Å². The average Bonchev–Trinajstić information content (AvgIpc) is 2.62. The van der Waals surface area contributed by atoms with Crippen molar-refractivity contribution in [2.45, 2.75) is 64.3 Å². The molecule has 0 saturated heterocycles. The molecular formula is C14H29N3O. The summed E-state index contributed by atoms with van der Waals surface area (Å²) in [5, 5.41) is 3.33. The van der Waals surface area contributed by atoms with Crippen LogP contribution in [-0.4, -0.2) is 31.8 Å². The first-order valence-corrected chi connectivity index (χ1v) is 7.47. The Morgan fingerprint density at radius 2 is 1.94 bits per heavy atom. The summed E-state index contributed by atoms with van der Waals surface area (Å²) in [6, 6.07) is 0.525. The minimum atomic E-state index is 0.525. The number of unbranched alkanes of at least 4 members (excludes halogenated alkanes) is 1. The van der Waals surface area contributed by atoms with Gasteiger partial charge in [-0.2, -0.15) is 0 Å². The van der Waals surface area contributed by atoms with Gasteiger partial charge in [0.05, 0.1) is 13.2 Å². The minimum absolute atomic E-state index is 0.525. The topological polar surface area (TPSA) is 59.6 Å². The lowest BCUT2D eigenvalue weighted by Crippen LogP contribution is -2.40. The van der Waals surface area contributed by atoms with E-state index < -0.39 is 0 Å². The molecule has 1 saturated carbocycles. The molecule has 18 heavy (non-hydrogen) atoms. The molecule has 0 aromatic carbocycles. The van der Waals surface area contributed by atoms with Crippen molar-refractivity contribution in [1.82, 2.24) is 5.32 Å². The summed E-state index contributed by atoms with van der Waals surface area (Å²) in [6.45, 7) is 4.33. The van der Waals surface area contributed by atoms with E-state index in [1.807, 2.05) is 0 Å². The highest BCUT2D eigenvalue weighted by molar-refractivity contribution is 5.78. The Bertz CT molecular complexity index is 223. The van der Waals surface area contributed by atoms with Gasteiger partial charge in [-0.3, -0.25) is 4.99 Å². The summed E-state index contributed by atoms with van der Waals surface area (Å²) in [7, 11) is 0. The molecule has 0 amide bonds. The van der Waals surface area contributed by atoms with Gasteiger partial charge in [0, 0.05) is 12.6 Å². The van der Waals surface area contributed by atoms with Crippen LogP contribution in [0.25, 0.3) is 0 Å². The highest BCUT2D eigenvalue weighted by atomic mass is 16.5. The molecule has 0 aromatic heterocycles. The number of ether oxygens (including phenoxy) is 1. The summed E-state index contributed by atoms with van der Waals surface area (Å²) < 4.78 is 5.44. The molecule has 0 unspecified atom stereocenters.